The Kier molecular flexibility index (Phi) is 7.84. The van der Waals surface area contributed by atoms with Crippen molar-refractivity contribution in [3.05, 3.63) is 90.4 Å². The highest BCUT2D eigenvalue weighted by molar-refractivity contribution is 5.98. The number of hydrogen-bond donors (Lipinski definition) is 1. The van der Waals surface area contributed by atoms with E-state index < -0.39 is 17.8 Å². The van der Waals surface area contributed by atoms with E-state index in [-0.39, 0.29) is 30.5 Å². The fraction of sp³-hybridized carbons (Fsp3) is 0.387. The Labute approximate surface area is 232 Å². The van der Waals surface area contributed by atoms with Crippen LogP contribution in [0.2, 0.25) is 0 Å². The van der Waals surface area contributed by atoms with Crippen LogP contribution in [0.3, 0.4) is 0 Å². The molecule has 1 unspecified atom stereocenters. The van der Waals surface area contributed by atoms with E-state index in [1.54, 1.807) is 11.8 Å². The van der Waals surface area contributed by atoms with Gasteiger partial charge in [0, 0.05) is 18.5 Å². The molecule has 1 N–H and O–H groups in total. The van der Waals surface area contributed by atoms with Crippen molar-refractivity contribution in [2.75, 3.05) is 11.9 Å². The van der Waals surface area contributed by atoms with Gasteiger partial charge in [0.25, 0.3) is 11.5 Å². The molecule has 40 heavy (non-hydrogen) atoms. The minimum Gasteiger partial charge on any atom is -0.349 e. The first-order valence-electron chi connectivity index (χ1n) is 13.1. The van der Waals surface area contributed by atoms with Crippen molar-refractivity contribution in [1.29, 1.82) is 0 Å². The van der Waals surface area contributed by atoms with Gasteiger partial charge < -0.3 is 10.2 Å². The number of carbonyl (C=O) groups is 1. The topological polar surface area (TPSA) is 67.2 Å². The van der Waals surface area contributed by atoms with Crippen LogP contribution in [0.1, 0.15) is 73.5 Å². The van der Waals surface area contributed by atoms with Crippen molar-refractivity contribution >= 4 is 11.9 Å². The lowest BCUT2D eigenvalue weighted by atomic mass is 9.88. The molecular weight excluding hydrogens is 517 g/mol. The monoisotopic (exact) mass is 550 g/mol. The number of fused-ring (bicyclic) bond motifs is 1. The minimum atomic E-state index is -4.42. The average Bonchev–Trinajstić information content (AvgIpc) is 2.92. The van der Waals surface area contributed by atoms with Crippen LogP contribution in [0, 0.1) is 47.0 Å². The SMILES string of the molecule is C#CCn1c(NC(C)c2ccc(C(F)(F)F)cc2)nc2c(c1=O)CN(C(=O)c1c(C)c(C)c(C)c(C)c1C)CC2. The maximum absolute atomic E-state index is 13.7. The molecule has 4 rings (SSSR count). The van der Waals surface area contributed by atoms with Crippen LogP contribution < -0.4 is 10.9 Å². The largest absolute Gasteiger partial charge is 0.416 e. The molecule has 1 aliphatic heterocycles. The third-order valence-electron chi connectivity index (χ3n) is 8.15. The summed E-state index contributed by atoms with van der Waals surface area (Å²) in [5, 5.41) is 3.15. The Morgan fingerprint density at radius 2 is 1.62 bits per heavy atom. The molecular formula is C31H33F3N4O2. The molecule has 0 saturated heterocycles. The number of halogens is 3. The summed E-state index contributed by atoms with van der Waals surface area (Å²) in [4.78, 5) is 33.7. The number of benzene rings is 2. The van der Waals surface area contributed by atoms with Gasteiger partial charge in [-0.3, -0.25) is 14.2 Å². The molecule has 0 aliphatic carbocycles. The van der Waals surface area contributed by atoms with Gasteiger partial charge in [-0.25, -0.2) is 4.98 Å². The summed E-state index contributed by atoms with van der Waals surface area (Å²) in [5.74, 6) is 2.60. The number of nitrogens with one attached hydrogen (secondary N) is 1. The van der Waals surface area contributed by atoms with Gasteiger partial charge in [0.15, 0.2) is 0 Å². The number of hydrogen-bond acceptors (Lipinski definition) is 4. The molecule has 0 bridgehead atoms. The van der Waals surface area contributed by atoms with Gasteiger partial charge >= 0.3 is 6.18 Å². The van der Waals surface area contributed by atoms with E-state index in [4.69, 9.17) is 11.4 Å². The molecule has 3 aromatic rings. The fourth-order valence-electron chi connectivity index (χ4n) is 5.25. The summed E-state index contributed by atoms with van der Waals surface area (Å²) >= 11 is 0. The quantitative estimate of drug-likeness (QED) is 0.408. The molecule has 1 aliphatic rings. The van der Waals surface area contributed by atoms with E-state index in [1.165, 1.54) is 22.3 Å². The molecule has 0 radical (unpaired) electrons. The molecule has 0 fully saturated rings. The van der Waals surface area contributed by atoms with E-state index in [9.17, 15) is 22.8 Å². The number of rotatable bonds is 5. The molecule has 6 nitrogen and oxygen atoms in total. The van der Waals surface area contributed by atoms with Crippen molar-refractivity contribution in [2.24, 2.45) is 0 Å². The van der Waals surface area contributed by atoms with Gasteiger partial charge in [-0.2, -0.15) is 13.2 Å². The number of nitrogens with zero attached hydrogens (tertiary/aromatic N) is 3. The number of terminal acetylenes is 1. The van der Waals surface area contributed by atoms with Crippen LogP contribution in [0.4, 0.5) is 19.1 Å². The minimum absolute atomic E-state index is 0.0519. The average molecular weight is 551 g/mol. The first-order valence-corrected chi connectivity index (χ1v) is 13.1. The van der Waals surface area contributed by atoms with Crippen molar-refractivity contribution in [1.82, 2.24) is 14.5 Å². The molecule has 1 amide bonds. The van der Waals surface area contributed by atoms with Crippen molar-refractivity contribution in [2.45, 2.75) is 73.3 Å². The first kappa shape index (κ1) is 28.9. The van der Waals surface area contributed by atoms with Gasteiger partial charge in [0.1, 0.15) is 0 Å². The Balaban J connectivity index is 1.65. The maximum atomic E-state index is 13.7. The normalized spacial score (nSPS) is 13.9. The lowest BCUT2D eigenvalue weighted by Crippen LogP contribution is -2.42. The summed E-state index contributed by atoms with van der Waals surface area (Å²) in [7, 11) is 0. The number of amides is 1. The number of anilines is 1. The summed E-state index contributed by atoms with van der Waals surface area (Å²) < 4.78 is 40.2. The summed E-state index contributed by atoms with van der Waals surface area (Å²) in [5.41, 5.74) is 6.40. The van der Waals surface area contributed by atoms with E-state index >= 15 is 0 Å². The molecule has 9 heteroatoms. The van der Waals surface area contributed by atoms with E-state index in [0.717, 1.165) is 34.4 Å². The van der Waals surface area contributed by atoms with Gasteiger partial charge in [0.05, 0.1) is 36.0 Å². The number of alkyl halides is 3. The highest BCUT2D eigenvalue weighted by Crippen LogP contribution is 2.31. The van der Waals surface area contributed by atoms with E-state index in [1.807, 2.05) is 27.7 Å². The van der Waals surface area contributed by atoms with Crippen LogP contribution >= 0.6 is 0 Å². The molecule has 1 aromatic heterocycles. The smallest absolute Gasteiger partial charge is 0.349 e. The lowest BCUT2D eigenvalue weighted by Gasteiger charge is -2.31. The Hall–Kier alpha value is -4.06. The second-order valence-electron chi connectivity index (χ2n) is 10.4. The molecule has 210 valence electrons. The van der Waals surface area contributed by atoms with Gasteiger partial charge in [0.2, 0.25) is 5.95 Å². The van der Waals surface area contributed by atoms with Crippen molar-refractivity contribution in [3.8, 4) is 12.3 Å². The Bertz CT molecular complexity index is 1550. The fourth-order valence-corrected chi connectivity index (χ4v) is 5.25. The lowest BCUT2D eigenvalue weighted by molar-refractivity contribution is -0.137. The summed E-state index contributed by atoms with van der Waals surface area (Å²) in [6, 6.07) is 4.38. The predicted molar refractivity (Wildman–Crippen MR) is 149 cm³/mol. The Morgan fingerprint density at radius 3 is 2.17 bits per heavy atom. The Morgan fingerprint density at radius 1 is 1.05 bits per heavy atom. The van der Waals surface area contributed by atoms with Crippen LogP contribution in [0.25, 0.3) is 0 Å². The highest BCUT2D eigenvalue weighted by Gasteiger charge is 2.31. The summed E-state index contributed by atoms with van der Waals surface area (Å²) in [6.07, 6.45) is 1.53. The third-order valence-corrected chi connectivity index (χ3v) is 8.15. The molecule has 0 saturated carbocycles. The third kappa shape index (κ3) is 5.23. The highest BCUT2D eigenvalue weighted by atomic mass is 19.4. The van der Waals surface area contributed by atoms with Crippen LogP contribution in [0.15, 0.2) is 29.1 Å². The second-order valence-corrected chi connectivity index (χ2v) is 10.4. The van der Waals surface area contributed by atoms with Gasteiger partial charge in [-0.05, 0) is 87.1 Å². The van der Waals surface area contributed by atoms with Crippen LogP contribution in [-0.2, 0) is 25.7 Å². The molecule has 0 spiro atoms. The van der Waals surface area contributed by atoms with Crippen LogP contribution in [0.5, 0.6) is 0 Å². The molecule has 2 heterocycles. The second kappa shape index (κ2) is 10.8. The predicted octanol–water partition coefficient (Wildman–Crippen LogP) is 5.81. The van der Waals surface area contributed by atoms with Crippen LogP contribution in [-0.4, -0.2) is 26.9 Å². The molecule has 1 atom stereocenters. The van der Waals surface area contributed by atoms with Gasteiger partial charge in [-0.1, -0.05) is 18.1 Å². The molecule has 2 aromatic carbocycles. The maximum Gasteiger partial charge on any atom is 0.416 e. The zero-order chi connectivity index (χ0) is 29.5. The first-order chi connectivity index (χ1) is 18.8. The van der Waals surface area contributed by atoms with E-state index in [2.05, 4.69) is 18.2 Å². The summed E-state index contributed by atoms with van der Waals surface area (Å²) in [6.45, 7) is 12.2. The standard InChI is InChI=1S/C31H33F3N4O2/c1-8-14-38-28(39)25-16-37(29(40)27-20(5)18(3)17(2)19(4)21(27)6)15-13-26(25)36-30(38)35-22(7)23-9-11-24(12-10-23)31(32,33)34/h1,9-12,22H,13-16H2,2-7H3,(H,35,36). The van der Waals surface area contributed by atoms with Crippen molar-refractivity contribution < 1.29 is 18.0 Å². The zero-order valence-electron chi connectivity index (χ0n) is 23.6. The number of carbonyl (C=O) groups excluding carboxylic acids is 1. The van der Waals surface area contributed by atoms with Crippen molar-refractivity contribution in [3.63, 3.8) is 0 Å². The van der Waals surface area contributed by atoms with Gasteiger partial charge in [-0.15, -0.1) is 6.42 Å². The number of aromatic nitrogens is 2. The zero-order valence-corrected chi connectivity index (χ0v) is 23.6. The van der Waals surface area contributed by atoms with E-state index in [0.29, 0.717) is 35.3 Å².